The molecule has 1 heterocycles. The van der Waals surface area contributed by atoms with Crippen LogP contribution in [0.25, 0.3) is 0 Å². The molecule has 1 atom stereocenters. The number of rotatable bonds is 8. The van der Waals surface area contributed by atoms with Gasteiger partial charge in [0.1, 0.15) is 6.04 Å². The maximum absolute atomic E-state index is 12.6. The fraction of sp³-hybridized carbons (Fsp3) is 0.320. The molecule has 10 heteroatoms. The summed E-state index contributed by atoms with van der Waals surface area (Å²) in [6.45, 7) is 0.897. The lowest BCUT2D eigenvalue weighted by Gasteiger charge is -2.36. The lowest BCUT2D eigenvalue weighted by molar-refractivity contribution is -0.147. The molecule has 1 aliphatic rings. The minimum Gasteiger partial charge on any atom is -0.466 e. The lowest BCUT2D eigenvalue weighted by atomic mass is 10.1. The summed E-state index contributed by atoms with van der Waals surface area (Å²) in [6.07, 6.45) is 1.25. The number of benzene rings is 2. The van der Waals surface area contributed by atoms with Crippen LogP contribution in [0.3, 0.4) is 0 Å². The summed E-state index contributed by atoms with van der Waals surface area (Å²) in [5, 5.41) is 5.34. The van der Waals surface area contributed by atoms with E-state index in [2.05, 4.69) is 15.4 Å². The van der Waals surface area contributed by atoms with Gasteiger partial charge in [0.2, 0.25) is 5.91 Å². The second-order valence-electron chi connectivity index (χ2n) is 7.84. The first kappa shape index (κ1) is 25.8. The van der Waals surface area contributed by atoms with Gasteiger partial charge in [0.15, 0.2) is 5.11 Å². The Morgan fingerprint density at radius 3 is 2.46 bits per heavy atom. The van der Waals surface area contributed by atoms with Gasteiger partial charge >= 0.3 is 11.9 Å². The van der Waals surface area contributed by atoms with Crippen LogP contribution in [-0.4, -0.2) is 66.6 Å². The zero-order chi connectivity index (χ0) is 25.2. The summed E-state index contributed by atoms with van der Waals surface area (Å²) in [7, 11) is 1.27. The molecule has 2 N–H and O–H groups in total. The fourth-order valence-electron chi connectivity index (χ4n) is 3.60. The Morgan fingerprint density at radius 1 is 1.09 bits per heavy atom. The Hall–Kier alpha value is -3.79. The topological polar surface area (TPSA) is 114 Å². The number of carbonyl (C=O) groups is 4. The number of carbonyl (C=O) groups excluding carboxylic acids is 4. The highest BCUT2D eigenvalue weighted by Crippen LogP contribution is 2.12. The van der Waals surface area contributed by atoms with Gasteiger partial charge in [-0.15, -0.1) is 0 Å². The highest BCUT2D eigenvalue weighted by atomic mass is 32.1. The van der Waals surface area contributed by atoms with E-state index in [0.717, 1.165) is 12.0 Å². The van der Waals surface area contributed by atoms with Crippen molar-refractivity contribution in [2.75, 3.05) is 26.8 Å². The van der Waals surface area contributed by atoms with Crippen molar-refractivity contribution in [3.05, 3.63) is 71.3 Å². The summed E-state index contributed by atoms with van der Waals surface area (Å²) in [5.41, 5.74) is 1.74. The highest BCUT2D eigenvalue weighted by molar-refractivity contribution is 7.80. The second-order valence-corrected chi connectivity index (χ2v) is 8.23. The van der Waals surface area contributed by atoms with Crippen LogP contribution in [0, 0.1) is 0 Å². The quantitative estimate of drug-likeness (QED) is 0.323. The van der Waals surface area contributed by atoms with E-state index in [-0.39, 0.29) is 29.6 Å². The molecular formula is C25H27N3O6S. The van der Waals surface area contributed by atoms with E-state index < -0.39 is 23.9 Å². The van der Waals surface area contributed by atoms with Crippen molar-refractivity contribution in [1.29, 1.82) is 0 Å². The molecule has 1 saturated heterocycles. The molecule has 9 nitrogen and oxygen atoms in total. The van der Waals surface area contributed by atoms with Gasteiger partial charge in [0.05, 0.1) is 25.7 Å². The van der Waals surface area contributed by atoms with Gasteiger partial charge in [0, 0.05) is 18.7 Å². The molecule has 184 valence electrons. The summed E-state index contributed by atoms with van der Waals surface area (Å²) in [5.74, 6) is -1.89. The van der Waals surface area contributed by atoms with E-state index in [1.54, 1.807) is 0 Å². The van der Waals surface area contributed by atoms with Crippen LogP contribution in [0.5, 0.6) is 0 Å². The monoisotopic (exact) mass is 497 g/mol. The normalized spacial score (nSPS) is 15.1. The molecule has 35 heavy (non-hydrogen) atoms. The first-order chi connectivity index (χ1) is 16.9. The van der Waals surface area contributed by atoms with Gasteiger partial charge in [0.25, 0.3) is 5.91 Å². The first-order valence-corrected chi connectivity index (χ1v) is 11.6. The zero-order valence-corrected chi connectivity index (χ0v) is 20.1. The van der Waals surface area contributed by atoms with Crippen molar-refractivity contribution in [3.8, 4) is 0 Å². The third-order valence-corrected chi connectivity index (χ3v) is 5.79. The number of hydrogen-bond donors (Lipinski definition) is 2. The number of thiocarbonyl (C=S) groups is 1. The van der Waals surface area contributed by atoms with Crippen molar-refractivity contribution in [1.82, 2.24) is 15.5 Å². The minimum absolute atomic E-state index is 0.0313. The average molecular weight is 498 g/mol. The molecule has 0 saturated carbocycles. The maximum Gasteiger partial charge on any atom is 0.337 e. The van der Waals surface area contributed by atoms with E-state index in [0.29, 0.717) is 25.1 Å². The van der Waals surface area contributed by atoms with Gasteiger partial charge in [-0.2, -0.15) is 0 Å². The maximum atomic E-state index is 12.6. The van der Waals surface area contributed by atoms with E-state index in [1.165, 1.54) is 36.3 Å². The number of aryl methyl sites for hydroxylation is 1. The fourth-order valence-corrected chi connectivity index (χ4v) is 3.91. The minimum atomic E-state index is -0.889. The van der Waals surface area contributed by atoms with Crippen LogP contribution in [0.1, 0.15) is 39.1 Å². The molecule has 0 spiro atoms. The SMILES string of the molecule is COC(=O)c1ccc(C(=O)NC(=S)N2CCNC(=O)C2CC(=O)OCCCc2ccccc2)cc1. The van der Waals surface area contributed by atoms with Crippen molar-refractivity contribution in [3.63, 3.8) is 0 Å². The first-order valence-electron chi connectivity index (χ1n) is 11.2. The summed E-state index contributed by atoms with van der Waals surface area (Å²) in [4.78, 5) is 50.5. The number of ether oxygens (including phenoxy) is 2. The van der Waals surface area contributed by atoms with Crippen molar-refractivity contribution in [2.24, 2.45) is 0 Å². The summed E-state index contributed by atoms with van der Waals surface area (Å²) in [6, 6.07) is 14.9. The number of nitrogens with zero attached hydrogens (tertiary/aromatic N) is 1. The molecule has 1 fully saturated rings. The summed E-state index contributed by atoms with van der Waals surface area (Å²) < 4.78 is 9.96. The molecule has 0 bridgehead atoms. The molecule has 0 aromatic heterocycles. The Labute approximate surface area is 208 Å². The Morgan fingerprint density at radius 2 is 1.77 bits per heavy atom. The molecule has 0 radical (unpaired) electrons. The van der Waals surface area contributed by atoms with Crippen LogP contribution in [0.2, 0.25) is 0 Å². The number of esters is 2. The number of nitrogens with one attached hydrogen (secondary N) is 2. The van der Waals surface area contributed by atoms with Gasteiger partial charge in [-0.05, 0) is 54.9 Å². The molecule has 2 amide bonds. The number of hydrogen-bond acceptors (Lipinski definition) is 7. The number of methoxy groups -OCH3 is 1. The largest absolute Gasteiger partial charge is 0.466 e. The van der Waals surface area contributed by atoms with Crippen LogP contribution < -0.4 is 10.6 Å². The van der Waals surface area contributed by atoms with Crippen LogP contribution in [0.4, 0.5) is 0 Å². The van der Waals surface area contributed by atoms with E-state index in [1.807, 2.05) is 30.3 Å². The number of piperazine rings is 1. The van der Waals surface area contributed by atoms with E-state index in [4.69, 9.17) is 17.0 Å². The van der Waals surface area contributed by atoms with Crippen LogP contribution in [0.15, 0.2) is 54.6 Å². The third-order valence-electron chi connectivity index (χ3n) is 5.46. The zero-order valence-electron chi connectivity index (χ0n) is 19.3. The molecule has 1 aliphatic heterocycles. The highest BCUT2D eigenvalue weighted by Gasteiger charge is 2.34. The molecule has 2 aromatic rings. The Kier molecular flexibility index (Phi) is 9.31. The Balaban J connectivity index is 1.53. The molecule has 2 aromatic carbocycles. The molecule has 1 unspecified atom stereocenters. The third kappa shape index (κ3) is 7.35. The van der Waals surface area contributed by atoms with Crippen LogP contribution in [-0.2, 0) is 25.5 Å². The molecular weight excluding hydrogens is 470 g/mol. The lowest BCUT2D eigenvalue weighted by Crippen LogP contribution is -2.60. The van der Waals surface area contributed by atoms with Gasteiger partial charge in [-0.25, -0.2) is 4.79 Å². The van der Waals surface area contributed by atoms with Gasteiger partial charge in [-0.3, -0.25) is 19.7 Å². The number of amides is 2. The standard InChI is InChI=1S/C25H27N3O6S/c1-33-24(32)19-11-9-18(10-12-19)22(30)27-25(35)28-14-13-26-23(31)20(28)16-21(29)34-15-5-8-17-6-3-2-4-7-17/h2-4,6-7,9-12,20H,5,8,13-16H2,1H3,(H,26,31)(H,27,30,35). The second kappa shape index (κ2) is 12.6. The van der Waals surface area contributed by atoms with Crippen molar-refractivity contribution in [2.45, 2.75) is 25.3 Å². The smallest absolute Gasteiger partial charge is 0.337 e. The van der Waals surface area contributed by atoms with Gasteiger partial charge in [-0.1, -0.05) is 30.3 Å². The van der Waals surface area contributed by atoms with Crippen molar-refractivity contribution < 1.29 is 28.7 Å². The van der Waals surface area contributed by atoms with E-state index in [9.17, 15) is 19.2 Å². The van der Waals surface area contributed by atoms with Gasteiger partial charge < -0.3 is 19.7 Å². The molecule has 0 aliphatic carbocycles. The predicted molar refractivity (Wildman–Crippen MR) is 132 cm³/mol. The average Bonchev–Trinajstić information content (AvgIpc) is 2.88. The molecule has 3 rings (SSSR count). The van der Waals surface area contributed by atoms with Crippen molar-refractivity contribution >= 4 is 41.1 Å². The van der Waals surface area contributed by atoms with Crippen LogP contribution >= 0.6 is 12.2 Å². The van der Waals surface area contributed by atoms with E-state index >= 15 is 0 Å². The summed E-state index contributed by atoms with van der Waals surface area (Å²) >= 11 is 5.37. The predicted octanol–water partition coefficient (Wildman–Crippen LogP) is 1.85. The Bertz CT molecular complexity index is 1070.